The second-order valence-corrected chi connectivity index (χ2v) is 5.52. The number of alkyl halides is 1. The fourth-order valence-corrected chi connectivity index (χ4v) is 2.33. The first-order chi connectivity index (χ1) is 7.58. The molecule has 0 bridgehead atoms. The van der Waals surface area contributed by atoms with Crippen molar-refractivity contribution in [3.05, 3.63) is 34.3 Å². The maximum Gasteiger partial charge on any atom is 0.147 e. The summed E-state index contributed by atoms with van der Waals surface area (Å²) in [4.78, 5) is 0. The Morgan fingerprint density at radius 3 is 2.50 bits per heavy atom. The molecule has 1 atom stereocenters. The summed E-state index contributed by atoms with van der Waals surface area (Å²) in [5.74, 6) is 0. The minimum Gasteiger partial charge on any atom is -0.142 e. The van der Waals surface area contributed by atoms with Gasteiger partial charge in [-0.15, -0.1) is 21.8 Å². The molecule has 2 rings (SSSR count). The zero-order valence-corrected chi connectivity index (χ0v) is 11.1. The van der Waals surface area contributed by atoms with Crippen LogP contribution in [0.3, 0.4) is 0 Å². The first-order valence-electron chi connectivity index (χ1n) is 5.13. The predicted octanol–water partition coefficient (Wildman–Crippen LogP) is 4.12. The van der Waals surface area contributed by atoms with Gasteiger partial charge in [0.05, 0.1) is 5.38 Å². The summed E-state index contributed by atoms with van der Waals surface area (Å²) in [6.45, 7) is 6.11. The maximum absolute atomic E-state index is 5.97. The van der Waals surface area contributed by atoms with E-state index in [0.29, 0.717) is 0 Å². The number of rotatable bonds is 2. The van der Waals surface area contributed by atoms with Gasteiger partial charge in [0, 0.05) is 5.56 Å². The molecule has 4 heteroatoms. The SMILES string of the molecule is Cc1ccc(-c2nnc(C(C)Cl)s2)cc1C. The van der Waals surface area contributed by atoms with Gasteiger partial charge in [-0.1, -0.05) is 23.5 Å². The van der Waals surface area contributed by atoms with Crippen molar-refractivity contribution in [2.75, 3.05) is 0 Å². The Balaban J connectivity index is 2.39. The normalized spacial score (nSPS) is 12.8. The summed E-state index contributed by atoms with van der Waals surface area (Å²) in [6, 6.07) is 6.32. The van der Waals surface area contributed by atoms with Crippen molar-refractivity contribution in [2.24, 2.45) is 0 Å². The second-order valence-electron chi connectivity index (χ2n) is 3.86. The van der Waals surface area contributed by atoms with Gasteiger partial charge in [0.15, 0.2) is 0 Å². The molecule has 2 aromatic rings. The van der Waals surface area contributed by atoms with Crippen LogP contribution in [-0.2, 0) is 0 Å². The first kappa shape index (κ1) is 11.6. The number of aromatic nitrogens is 2. The lowest BCUT2D eigenvalue weighted by Gasteiger charge is -2.01. The molecule has 0 aliphatic heterocycles. The summed E-state index contributed by atoms with van der Waals surface area (Å²) in [6.07, 6.45) is 0. The van der Waals surface area contributed by atoms with E-state index in [0.717, 1.165) is 15.6 Å². The van der Waals surface area contributed by atoms with E-state index >= 15 is 0 Å². The molecule has 0 saturated heterocycles. The molecule has 0 aliphatic carbocycles. The summed E-state index contributed by atoms with van der Waals surface area (Å²) >= 11 is 7.52. The Morgan fingerprint density at radius 1 is 1.19 bits per heavy atom. The molecular weight excluding hydrogens is 240 g/mol. The lowest BCUT2D eigenvalue weighted by molar-refractivity contribution is 0.962. The van der Waals surface area contributed by atoms with Crippen LogP contribution in [0.25, 0.3) is 10.6 Å². The van der Waals surface area contributed by atoms with E-state index in [1.807, 2.05) is 6.92 Å². The molecule has 16 heavy (non-hydrogen) atoms. The maximum atomic E-state index is 5.97. The summed E-state index contributed by atoms with van der Waals surface area (Å²) in [7, 11) is 0. The van der Waals surface area contributed by atoms with Crippen LogP contribution in [0.1, 0.15) is 28.4 Å². The highest BCUT2D eigenvalue weighted by Crippen LogP contribution is 2.30. The summed E-state index contributed by atoms with van der Waals surface area (Å²) in [5.41, 5.74) is 3.68. The average molecular weight is 253 g/mol. The van der Waals surface area contributed by atoms with Crippen molar-refractivity contribution in [3.63, 3.8) is 0 Å². The highest BCUT2D eigenvalue weighted by Gasteiger charge is 2.10. The van der Waals surface area contributed by atoms with E-state index in [4.69, 9.17) is 11.6 Å². The van der Waals surface area contributed by atoms with Crippen LogP contribution in [-0.4, -0.2) is 10.2 Å². The van der Waals surface area contributed by atoms with E-state index in [9.17, 15) is 0 Å². The van der Waals surface area contributed by atoms with Gasteiger partial charge in [-0.25, -0.2) is 0 Å². The number of halogens is 1. The number of hydrogen-bond donors (Lipinski definition) is 0. The van der Waals surface area contributed by atoms with Crippen LogP contribution >= 0.6 is 22.9 Å². The van der Waals surface area contributed by atoms with Crippen molar-refractivity contribution >= 4 is 22.9 Å². The predicted molar refractivity (Wildman–Crippen MR) is 69.1 cm³/mol. The van der Waals surface area contributed by atoms with Crippen molar-refractivity contribution in [3.8, 4) is 10.6 Å². The molecular formula is C12H13ClN2S. The third kappa shape index (κ3) is 2.25. The molecule has 84 valence electrons. The van der Waals surface area contributed by atoms with Gasteiger partial charge in [-0.3, -0.25) is 0 Å². The minimum atomic E-state index is -0.0715. The smallest absolute Gasteiger partial charge is 0.142 e. The van der Waals surface area contributed by atoms with E-state index in [1.165, 1.54) is 11.1 Å². The standard InChI is InChI=1S/C12H13ClN2S/c1-7-4-5-10(6-8(7)2)12-15-14-11(16-12)9(3)13/h4-6,9H,1-3H3. The number of benzene rings is 1. The first-order valence-corrected chi connectivity index (χ1v) is 6.38. The van der Waals surface area contributed by atoms with E-state index in [1.54, 1.807) is 11.3 Å². The molecule has 1 aromatic carbocycles. The molecule has 0 radical (unpaired) electrons. The van der Waals surface area contributed by atoms with Gasteiger partial charge in [-0.05, 0) is 38.0 Å². The summed E-state index contributed by atoms with van der Waals surface area (Å²) < 4.78 is 0. The minimum absolute atomic E-state index is 0.0715. The van der Waals surface area contributed by atoms with Crippen LogP contribution in [0.4, 0.5) is 0 Å². The van der Waals surface area contributed by atoms with Gasteiger partial charge >= 0.3 is 0 Å². The van der Waals surface area contributed by atoms with Gasteiger partial charge < -0.3 is 0 Å². The van der Waals surface area contributed by atoms with Crippen LogP contribution in [0.15, 0.2) is 18.2 Å². The van der Waals surface area contributed by atoms with Crippen LogP contribution < -0.4 is 0 Å². The Hall–Kier alpha value is -0.930. The fraction of sp³-hybridized carbons (Fsp3) is 0.333. The number of aryl methyl sites for hydroxylation is 2. The molecule has 2 nitrogen and oxygen atoms in total. The lowest BCUT2D eigenvalue weighted by Crippen LogP contribution is -1.83. The second kappa shape index (κ2) is 4.52. The lowest BCUT2D eigenvalue weighted by atomic mass is 10.1. The number of nitrogens with zero attached hydrogens (tertiary/aromatic N) is 2. The molecule has 0 aliphatic rings. The van der Waals surface area contributed by atoms with Crippen molar-refractivity contribution in [2.45, 2.75) is 26.1 Å². The Morgan fingerprint density at radius 2 is 1.94 bits per heavy atom. The molecule has 0 spiro atoms. The zero-order valence-electron chi connectivity index (χ0n) is 9.49. The van der Waals surface area contributed by atoms with Gasteiger partial charge in [0.2, 0.25) is 0 Å². The largest absolute Gasteiger partial charge is 0.147 e. The van der Waals surface area contributed by atoms with Crippen LogP contribution in [0, 0.1) is 13.8 Å². The fourth-order valence-electron chi connectivity index (χ4n) is 1.39. The average Bonchev–Trinajstić information content (AvgIpc) is 2.71. The third-order valence-electron chi connectivity index (χ3n) is 2.53. The van der Waals surface area contributed by atoms with Gasteiger partial charge in [0.1, 0.15) is 10.0 Å². The molecule has 0 amide bonds. The highest BCUT2D eigenvalue weighted by atomic mass is 35.5. The highest BCUT2D eigenvalue weighted by molar-refractivity contribution is 7.15. The van der Waals surface area contributed by atoms with Gasteiger partial charge in [-0.2, -0.15) is 0 Å². The molecule has 1 aromatic heterocycles. The topological polar surface area (TPSA) is 25.8 Å². The Bertz CT molecular complexity index is 505. The van der Waals surface area contributed by atoms with Crippen molar-refractivity contribution in [1.82, 2.24) is 10.2 Å². The van der Waals surface area contributed by atoms with Gasteiger partial charge in [0.25, 0.3) is 0 Å². The van der Waals surface area contributed by atoms with E-state index < -0.39 is 0 Å². The van der Waals surface area contributed by atoms with E-state index in [2.05, 4.69) is 42.2 Å². The summed E-state index contributed by atoms with van der Waals surface area (Å²) in [5, 5.41) is 9.98. The number of hydrogen-bond acceptors (Lipinski definition) is 3. The zero-order chi connectivity index (χ0) is 11.7. The van der Waals surface area contributed by atoms with Crippen LogP contribution in [0.2, 0.25) is 0 Å². The third-order valence-corrected chi connectivity index (χ3v) is 4.03. The van der Waals surface area contributed by atoms with Crippen molar-refractivity contribution in [1.29, 1.82) is 0 Å². The Labute approximate surface area is 104 Å². The quantitative estimate of drug-likeness (QED) is 0.752. The molecule has 1 heterocycles. The molecule has 0 N–H and O–H groups in total. The van der Waals surface area contributed by atoms with Crippen LogP contribution in [0.5, 0.6) is 0 Å². The molecule has 0 fully saturated rings. The molecule has 0 saturated carbocycles. The molecule has 1 unspecified atom stereocenters. The Kier molecular flexibility index (Phi) is 3.26. The monoisotopic (exact) mass is 252 g/mol. The van der Waals surface area contributed by atoms with Crippen molar-refractivity contribution < 1.29 is 0 Å². The van der Waals surface area contributed by atoms with E-state index in [-0.39, 0.29) is 5.38 Å².